The van der Waals surface area contributed by atoms with Crippen molar-refractivity contribution >= 4 is 91.1 Å². The molecule has 3 N–H and O–H groups in total. The Labute approximate surface area is 190 Å². The average Bonchev–Trinajstić information content (AvgIpc) is 2.74. The van der Waals surface area contributed by atoms with Crippen LogP contribution in [0.1, 0.15) is 5.56 Å². The topological polar surface area (TPSA) is 81.7 Å². The first-order valence-corrected chi connectivity index (χ1v) is 10.6. The Morgan fingerprint density at radius 1 is 1.08 bits per heavy atom. The molecule has 0 saturated carbocycles. The van der Waals surface area contributed by atoms with Crippen molar-refractivity contribution in [1.82, 2.24) is 5.43 Å². The summed E-state index contributed by atoms with van der Waals surface area (Å²) in [5.74, 6) is -1.09. The van der Waals surface area contributed by atoms with Gasteiger partial charge in [-0.1, -0.05) is 18.2 Å². The van der Waals surface area contributed by atoms with Crippen LogP contribution in [0.3, 0.4) is 0 Å². The number of carbonyl (C=O) groups is 2. The minimum absolute atomic E-state index is 0.403. The number of hydrogen-bond donors (Lipinski definition) is 3. The third-order valence-electron chi connectivity index (χ3n) is 3.67. The van der Waals surface area contributed by atoms with Gasteiger partial charge in [0.25, 0.3) is 0 Å². The van der Waals surface area contributed by atoms with Crippen LogP contribution in [0.5, 0.6) is 0 Å². The van der Waals surface area contributed by atoms with E-state index < -0.39 is 17.7 Å². The molecule has 0 atom stereocenters. The highest BCUT2D eigenvalue weighted by Crippen LogP contribution is 2.29. The summed E-state index contributed by atoms with van der Waals surface area (Å²) in [6.07, 6.45) is 1.84. The monoisotopic (exact) mass is 687 g/mol. The van der Waals surface area contributed by atoms with Crippen LogP contribution in [-0.4, -0.2) is 17.0 Å². The van der Waals surface area contributed by atoms with Gasteiger partial charge in [0.05, 0.1) is 14.9 Å². The van der Waals surface area contributed by atoms with Crippen molar-refractivity contribution in [3.05, 3.63) is 64.5 Å². The Balaban J connectivity index is 1.88. The van der Waals surface area contributed by atoms with Crippen LogP contribution in [0.15, 0.2) is 48.2 Å². The Morgan fingerprint density at radius 2 is 1.77 bits per heavy atom. The highest BCUT2D eigenvalue weighted by atomic mass is 127. The largest absolute Gasteiger partial charge is 0.503 e. The summed E-state index contributed by atoms with van der Waals surface area (Å²) in [5.41, 5.74) is 4.56. The molecule has 0 fully saturated rings. The summed E-state index contributed by atoms with van der Waals surface area (Å²) >= 11 is 6.50. The van der Waals surface area contributed by atoms with E-state index in [1.165, 1.54) is 6.08 Å². The minimum atomic E-state index is -0.683. The lowest BCUT2D eigenvalue weighted by molar-refractivity contribution is -0.118. The number of hydrazine groups is 1. The molecule has 6 nitrogen and oxygen atoms in total. The highest BCUT2D eigenvalue weighted by Gasteiger charge is 2.26. The fourth-order valence-corrected chi connectivity index (χ4v) is 4.57. The van der Waals surface area contributed by atoms with Crippen molar-refractivity contribution in [2.75, 3.05) is 10.3 Å². The van der Waals surface area contributed by atoms with E-state index in [4.69, 9.17) is 0 Å². The number of urea groups is 1. The summed E-state index contributed by atoms with van der Waals surface area (Å²) in [6.45, 7) is 0. The molecular formula is C17H12I3N3O3. The van der Waals surface area contributed by atoms with Gasteiger partial charge in [0, 0.05) is 7.14 Å². The van der Waals surface area contributed by atoms with E-state index in [9.17, 15) is 14.7 Å². The first kappa shape index (κ1) is 19.7. The van der Waals surface area contributed by atoms with E-state index in [1.54, 1.807) is 12.1 Å². The first-order valence-electron chi connectivity index (χ1n) is 7.41. The maximum absolute atomic E-state index is 12.5. The zero-order valence-electron chi connectivity index (χ0n) is 13.1. The van der Waals surface area contributed by atoms with E-state index in [1.807, 2.05) is 24.3 Å². The lowest BCUT2D eigenvalue weighted by Crippen LogP contribution is -2.49. The minimum Gasteiger partial charge on any atom is -0.503 e. The predicted molar refractivity (Wildman–Crippen MR) is 125 cm³/mol. The number of aliphatic hydroxyl groups is 1. The molecule has 0 saturated heterocycles. The molecule has 0 aliphatic carbocycles. The molecule has 0 bridgehead atoms. The molecule has 1 aliphatic heterocycles. The van der Waals surface area contributed by atoms with Gasteiger partial charge in [-0.3, -0.25) is 4.79 Å². The second-order valence-electron chi connectivity index (χ2n) is 5.35. The zero-order chi connectivity index (χ0) is 18.8. The SMILES string of the molecule is O=C(Nc1c(I)ccc(I)c1I)NN1C(=O)C(O)=CCc2ccccc21. The standard InChI is InChI=1S/C17H12I3N3O3/c18-10-6-7-11(19)15(14(10)20)21-17(26)22-23-12-4-2-1-3-9(12)5-8-13(24)16(23)25/h1-4,6-8,24H,5H2,(H2,21,22,26). The van der Waals surface area contributed by atoms with Crippen molar-refractivity contribution in [2.45, 2.75) is 6.42 Å². The molecule has 3 rings (SSSR count). The van der Waals surface area contributed by atoms with Crippen molar-refractivity contribution in [3.63, 3.8) is 0 Å². The van der Waals surface area contributed by atoms with Crippen LogP contribution in [0.2, 0.25) is 0 Å². The van der Waals surface area contributed by atoms with Gasteiger partial charge in [-0.25, -0.2) is 15.2 Å². The number of nitrogens with one attached hydrogen (secondary N) is 2. The number of rotatable bonds is 2. The summed E-state index contributed by atoms with van der Waals surface area (Å²) in [4.78, 5) is 25.0. The summed E-state index contributed by atoms with van der Waals surface area (Å²) in [5, 5.41) is 13.8. The number of hydrogen-bond acceptors (Lipinski definition) is 3. The second-order valence-corrected chi connectivity index (χ2v) is 8.75. The van der Waals surface area contributed by atoms with Crippen LogP contribution in [0.4, 0.5) is 16.2 Å². The average molecular weight is 687 g/mol. The van der Waals surface area contributed by atoms with Gasteiger partial charge in [-0.15, -0.1) is 0 Å². The Bertz CT molecular complexity index is 931. The smallest absolute Gasteiger partial charge is 0.338 e. The zero-order valence-corrected chi connectivity index (χ0v) is 19.6. The lowest BCUT2D eigenvalue weighted by atomic mass is 10.1. The number of carbonyl (C=O) groups excluding carboxylic acids is 2. The van der Waals surface area contributed by atoms with Crippen molar-refractivity contribution in [2.24, 2.45) is 0 Å². The van der Waals surface area contributed by atoms with Gasteiger partial charge in [0.2, 0.25) is 0 Å². The number of aliphatic hydroxyl groups excluding tert-OH is 1. The molecule has 26 heavy (non-hydrogen) atoms. The summed E-state index contributed by atoms with van der Waals surface area (Å²) < 4.78 is 2.80. The van der Waals surface area contributed by atoms with E-state index in [0.717, 1.165) is 21.3 Å². The van der Waals surface area contributed by atoms with Gasteiger partial charge in [-0.2, -0.15) is 0 Å². The van der Waals surface area contributed by atoms with E-state index in [2.05, 4.69) is 78.5 Å². The first-order chi connectivity index (χ1) is 12.4. The van der Waals surface area contributed by atoms with Gasteiger partial charge >= 0.3 is 11.9 Å². The van der Waals surface area contributed by atoms with Gasteiger partial charge in [0.15, 0.2) is 5.76 Å². The van der Waals surface area contributed by atoms with Gasteiger partial charge < -0.3 is 10.4 Å². The van der Waals surface area contributed by atoms with Gasteiger partial charge in [0.1, 0.15) is 0 Å². The van der Waals surface area contributed by atoms with Crippen molar-refractivity contribution < 1.29 is 14.7 Å². The molecule has 1 aliphatic rings. The number of para-hydroxylation sites is 1. The molecule has 2 aromatic rings. The van der Waals surface area contributed by atoms with Gasteiger partial charge in [-0.05, 0) is 104 Å². The number of benzene rings is 2. The number of halogens is 3. The molecule has 0 aromatic heterocycles. The summed E-state index contributed by atoms with van der Waals surface area (Å²) in [7, 11) is 0. The molecule has 3 amide bonds. The second kappa shape index (κ2) is 8.29. The van der Waals surface area contributed by atoms with Crippen LogP contribution < -0.4 is 15.8 Å². The Kier molecular flexibility index (Phi) is 6.27. The van der Waals surface area contributed by atoms with E-state index >= 15 is 0 Å². The quantitative estimate of drug-likeness (QED) is 0.320. The van der Waals surface area contributed by atoms with Crippen LogP contribution >= 0.6 is 67.8 Å². The predicted octanol–water partition coefficient (Wildman–Crippen LogP) is 4.57. The molecule has 0 radical (unpaired) electrons. The highest BCUT2D eigenvalue weighted by molar-refractivity contribution is 14.1. The third-order valence-corrected chi connectivity index (χ3v) is 7.62. The van der Waals surface area contributed by atoms with Crippen molar-refractivity contribution in [3.8, 4) is 0 Å². The number of fused-ring (bicyclic) bond motifs is 1. The maximum atomic E-state index is 12.5. The number of anilines is 2. The number of amides is 3. The maximum Gasteiger partial charge on any atom is 0.338 e. The fraction of sp³-hybridized carbons (Fsp3) is 0.0588. The van der Waals surface area contributed by atoms with E-state index in [0.29, 0.717) is 17.8 Å². The van der Waals surface area contributed by atoms with Crippen molar-refractivity contribution in [1.29, 1.82) is 0 Å². The molecule has 134 valence electrons. The molecule has 0 spiro atoms. The Morgan fingerprint density at radius 3 is 2.54 bits per heavy atom. The normalized spacial score (nSPS) is 13.6. The third kappa shape index (κ3) is 4.08. The lowest BCUT2D eigenvalue weighted by Gasteiger charge is -2.24. The Hall–Kier alpha value is -1.09. The van der Waals surface area contributed by atoms with E-state index in [-0.39, 0.29) is 0 Å². The summed E-state index contributed by atoms with van der Waals surface area (Å²) in [6, 6.07) is 10.5. The van der Waals surface area contributed by atoms with Crippen LogP contribution in [0, 0.1) is 10.7 Å². The molecule has 0 unspecified atom stereocenters. The fourth-order valence-electron chi connectivity index (χ4n) is 2.42. The molecule has 1 heterocycles. The molecule has 2 aromatic carbocycles. The van der Waals surface area contributed by atoms with Crippen LogP contribution in [0.25, 0.3) is 0 Å². The molecule has 9 heteroatoms. The number of allylic oxidation sites excluding steroid dienone is 1. The van der Waals surface area contributed by atoms with Crippen LogP contribution in [-0.2, 0) is 11.2 Å². The number of nitrogens with zero attached hydrogens (tertiary/aromatic N) is 1. The molecular weight excluding hydrogens is 675 g/mol.